The SMILES string of the molecule is O=C(CN1C(=O)CS[C@H]1c1ccc2c(c1)OCCO2)N1CCOCC1. The molecule has 134 valence electrons. The van der Waals surface area contributed by atoms with Gasteiger partial charge < -0.3 is 24.0 Å². The van der Waals surface area contributed by atoms with Crippen molar-refractivity contribution in [3.8, 4) is 11.5 Å². The molecular weight excluding hydrogens is 344 g/mol. The Morgan fingerprint density at radius 1 is 1.12 bits per heavy atom. The van der Waals surface area contributed by atoms with E-state index in [1.165, 1.54) is 11.8 Å². The van der Waals surface area contributed by atoms with Crippen LogP contribution in [-0.4, -0.2) is 73.4 Å². The number of nitrogens with zero attached hydrogens (tertiary/aromatic N) is 2. The van der Waals surface area contributed by atoms with Gasteiger partial charge in [0.15, 0.2) is 11.5 Å². The van der Waals surface area contributed by atoms with Crippen molar-refractivity contribution in [3.05, 3.63) is 23.8 Å². The molecule has 2 fully saturated rings. The van der Waals surface area contributed by atoms with Crippen molar-refractivity contribution in [1.82, 2.24) is 9.80 Å². The topological polar surface area (TPSA) is 68.3 Å². The van der Waals surface area contributed by atoms with E-state index in [4.69, 9.17) is 14.2 Å². The van der Waals surface area contributed by atoms with Gasteiger partial charge in [-0.25, -0.2) is 0 Å². The summed E-state index contributed by atoms with van der Waals surface area (Å²) in [7, 11) is 0. The third-order valence-electron chi connectivity index (χ3n) is 4.49. The zero-order valence-electron chi connectivity index (χ0n) is 13.8. The Labute approximate surface area is 150 Å². The van der Waals surface area contributed by atoms with Crippen LogP contribution >= 0.6 is 11.8 Å². The normalized spacial score (nSPS) is 23.0. The van der Waals surface area contributed by atoms with Crippen LogP contribution in [0.5, 0.6) is 11.5 Å². The molecule has 1 atom stereocenters. The summed E-state index contributed by atoms with van der Waals surface area (Å²) in [5, 5.41) is -0.173. The van der Waals surface area contributed by atoms with Crippen LogP contribution in [0.25, 0.3) is 0 Å². The highest BCUT2D eigenvalue weighted by molar-refractivity contribution is 8.00. The highest BCUT2D eigenvalue weighted by Crippen LogP contribution is 2.42. The number of benzene rings is 1. The molecule has 0 bridgehead atoms. The van der Waals surface area contributed by atoms with Crippen LogP contribution < -0.4 is 9.47 Å². The first kappa shape index (κ1) is 16.5. The van der Waals surface area contributed by atoms with E-state index in [1.807, 2.05) is 18.2 Å². The van der Waals surface area contributed by atoms with Crippen LogP contribution in [0.15, 0.2) is 18.2 Å². The lowest BCUT2D eigenvalue weighted by Gasteiger charge is -2.30. The Hall–Kier alpha value is -1.93. The smallest absolute Gasteiger partial charge is 0.242 e. The molecule has 0 spiro atoms. The summed E-state index contributed by atoms with van der Waals surface area (Å²) in [5.74, 6) is 1.77. The van der Waals surface area contributed by atoms with Crippen LogP contribution in [0.2, 0.25) is 0 Å². The van der Waals surface area contributed by atoms with E-state index in [2.05, 4.69) is 0 Å². The number of morpholine rings is 1. The molecule has 2 amide bonds. The Kier molecular flexibility index (Phi) is 4.72. The lowest BCUT2D eigenvalue weighted by atomic mass is 10.1. The van der Waals surface area contributed by atoms with Crippen LogP contribution in [0.1, 0.15) is 10.9 Å². The summed E-state index contributed by atoms with van der Waals surface area (Å²) in [6, 6.07) is 5.72. The molecule has 3 aliphatic rings. The second kappa shape index (κ2) is 7.13. The predicted octanol–water partition coefficient (Wildman–Crippen LogP) is 0.891. The van der Waals surface area contributed by atoms with Crippen LogP contribution in [0, 0.1) is 0 Å². The van der Waals surface area contributed by atoms with Gasteiger partial charge in [-0.15, -0.1) is 11.8 Å². The number of thioether (sulfide) groups is 1. The van der Waals surface area contributed by atoms with Gasteiger partial charge in [0.1, 0.15) is 25.1 Å². The third kappa shape index (κ3) is 3.41. The standard InChI is InChI=1S/C17H20N2O5S/c20-15(18-3-5-22-6-4-18)10-19-16(21)11-25-17(19)12-1-2-13-14(9-12)24-8-7-23-13/h1-2,9,17H,3-8,10-11H2/t17-/m0/s1. The van der Waals surface area contributed by atoms with E-state index in [9.17, 15) is 9.59 Å². The maximum absolute atomic E-state index is 12.5. The van der Waals surface area contributed by atoms with Crippen LogP contribution in [0.3, 0.4) is 0 Å². The molecule has 3 heterocycles. The fourth-order valence-electron chi connectivity index (χ4n) is 3.17. The number of carbonyl (C=O) groups excluding carboxylic acids is 2. The average Bonchev–Trinajstić information content (AvgIpc) is 3.02. The molecule has 1 aromatic carbocycles. The van der Waals surface area contributed by atoms with Crippen molar-refractivity contribution in [3.63, 3.8) is 0 Å². The molecule has 8 heteroatoms. The zero-order valence-corrected chi connectivity index (χ0v) is 14.6. The van der Waals surface area contributed by atoms with E-state index in [-0.39, 0.29) is 23.7 Å². The van der Waals surface area contributed by atoms with Crippen molar-refractivity contribution in [2.24, 2.45) is 0 Å². The van der Waals surface area contributed by atoms with Gasteiger partial charge in [-0.1, -0.05) is 6.07 Å². The first-order valence-electron chi connectivity index (χ1n) is 8.38. The number of ether oxygens (including phenoxy) is 3. The first-order chi connectivity index (χ1) is 12.2. The second-order valence-electron chi connectivity index (χ2n) is 6.08. The largest absolute Gasteiger partial charge is 0.486 e. The van der Waals surface area contributed by atoms with Gasteiger partial charge in [0, 0.05) is 13.1 Å². The van der Waals surface area contributed by atoms with Gasteiger partial charge in [0.2, 0.25) is 11.8 Å². The van der Waals surface area contributed by atoms with Gasteiger partial charge in [0.25, 0.3) is 0 Å². The quantitative estimate of drug-likeness (QED) is 0.794. The number of carbonyl (C=O) groups is 2. The molecular formula is C17H20N2O5S. The van der Waals surface area contributed by atoms with E-state index in [1.54, 1.807) is 9.80 Å². The molecule has 1 aromatic rings. The second-order valence-corrected chi connectivity index (χ2v) is 7.15. The number of hydrogen-bond donors (Lipinski definition) is 0. The van der Waals surface area contributed by atoms with Crippen LogP contribution in [0.4, 0.5) is 0 Å². The summed E-state index contributed by atoms with van der Waals surface area (Å²) in [6.45, 7) is 3.45. The van der Waals surface area contributed by atoms with Crippen molar-refractivity contribution in [1.29, 1.82) is 0 Å². The lowest BCUT2D eigenvalue weighted by molar-refractivity contribution is -0.141. The van der Waals surface area contributed by atoms with E-state index >= 15 is 0 Å². The molecule has 0 saturated carbocycles. The van der Waals surface area contributed by atoms with Gasteiger partial charge in [-0.3, -0.25) is 9.59 Å². The molecule has 0 N–H and O–H groups in total. The predicted molar refractivity (Wildman–Crippen MR) is 91.7 cm³/mol. The first-order valence-corrected chi connectivity index (χ1v) is 9.43. The summed E-state index contributed by atoms with van der Waals surface area (Å²) in [6.07, 6.45) is 0. The number of fused-ring (bicyclic) bond motifs is 1. The highest BCUT2D eigenvalue weighted by atomic mass is 32.2. The third-order valence-corrected chi connectivity index (χ3v) is 5.74. The monoisotopic (exact) mass is 364 g/mol. The van der Waals surface area contributed by atoms with Crippen molar-refractivity contribution in [2.75, 3.05) is 51.8 Å². The number of rotatable bonds is 3. The maximum atomic E-state index is 12.5. The van der Waals surface area contributed by atoms with E-state index in [0.29, 0.717) is 51.0 Å². The Morgan fingerprint density at radius 3 is 2.68 bits per heavy atom. The summed E-state index contributed by atoms with van der Waals surface area (Å²) >= 11 is 1.54. The number of amides is 2. The zero-order chi connectivity index (χ0) is 17.2. The van der Waals surface area contributed by atoms with Crippen molar-refractivity contribution < 1.29 is 23.8 Å². The molecule has 25 heavy (non-hydrogen) atoms. The summed E-state index contributed by atoms with van der Waals surface area (Å²) in [4.78, 5) is 28.3. The number of hydrogen-bond acceptors (Lipinski definition) is 6. The highest BCUT2D eigenvalue weighted by Gasteiger charge is 2.35. The maximum Gasteiger partial charge on any atom is 0.242 e. The van der Waals surface area contributed by atoms with Gasteiger partial charge in [-0.2, -0.15) is 0 Å². The Balaban J connectivity index is 1.50. The van der Waals surface area contributed by atoms with Crippen LogP contribution in [-0.2, 0) is 14.3 Å². The molecule has 0 unspecified atom stereocenters. The molecule has 4 rings (SSSR count). The van der Waals surface area contributed by atoms with Gasteiger partial charge in [-0.05, 0) is 17.7 Å². The lowest BCUT2D eigenvalue weighted by Crippen LogP contribution is -2.46. The van der Waals surface area contributed by atoms with Gasteiger partial charge >= 0.3 is 0 Å². The van der Waals surface area contributed by atoms with Gasteiger partial charge in [0.05, 0.1) is 19.0 Å². The minimum absolute atomic E-state index is 0.00787. The Morgan fingerprint density at radius 2 is 1.88 bits per heavy atom. The molecule has 7 nitrogen and oxygen atoms in total. The van der Waals surface area contributed by atoms with E-state index < -0.39 is 0 Å². The van der Waals surface area contributed by atoms with E-state index in [0.717, 1.165) is 11.3 Å². The fraction of sp³-hybridized carbons (Fsp3) is 0.529. The summed E-state index contributed by atoms with van der Waals surface area (Å²) < 4.78 is 16.5. The minimum Gasteiger partial charge on any atom is -0.486 e. The van der Waals surface area contributed by atoms with Crippen molar-refractivity contribution >= 4 is 23.6 Å². The average molecular weight is 364 g/mol. The molecule has 0 aromatic heterocycles. The minimum atomic E-state index is -0.173. The Bertz CT molecular complexity index is 677. The molecule has 2 saturated heterocycles. The fourth-order valence-corrected chi connectivity index (χ4v) is 4.35. The molecule has 3 aliphatic heterocycles. The summed E-state index contributed by atoms with van der Waals surface area (Å²) in [5.41, 5.74) is 0.954. The van der Waals surface area contributed by atoms with Crippen molar-refractivity contribution in [2.45, 2.75) is 5.37 Å². The molecule has 0 aliphatic carbocycles. The molecule has 0 radical (unpaired) electrons.